The number of ether oxygens (including phenoxy) is 2. The molecule has 1 aromatic carbocycles. The molecular weight excluding hydrogens is 283 g/mol. The number of benzene rings is 1. The van der Waals surface area contributed by atoms with E-state index in [4.69, 9.17) is 14.6 Å². The van der Waals surface area contributed by atoms with Crippen molar-refractivity contribution in [1.29, 1.82) is 0 Å². The summed E-state index contributed by atoms with van der Waals surface area (Å²) >= 11 is 3.08. The topological polar surface area (TPSA) is 55.8 Å². The molecule has 0 radical (unpaired) electrons. The van der Waals surface area contributed by atoms with Gasteiger partial charge in [0.1, 0.15) is 0 Å². The van der Waals surface area contributed by atoms with Crippen molar-refractivity contribution in [3.05, 3.63) is 22.2 Å². The Hall–Kier alpha value is -1.30. The monoisotopic (exact) mass is 292 g/mol. The molecule has 0 spiro atoms. The lowest BCUT2D eigenvalue weighted by Crippen LogP contribution is -2.07. The van der Waals surface area contributed by atoms with Crippen molar-refractivity contribution < 1.29 is 23.8 Å². The van der Waals surface area contributed by atoms with Crippen LogP contribution in [-0.2, 0) is 4.79 Å². The Morgan fingerprint density at radius 1 is 1.38 bits per heavy atom. The van der Waals surface area contributed by atoms with E-state index in [9.17, 15) is 9.18 Å². The van der Waals surface area contributed by atoms with Crippen LogP contribution in [0.1, 0.15) is 11.7 Å². The van der Waals surface area contributed by atoms with E-state index in [0.717, 1.165) is 0 Å². The zero-order valence-electron chi connectivity index (χ0n) is 8.66. The summed E-state index contributed by atoms with van der Waals surface area (Å²) in [7, 11) is 2.83. The highest BCUT2D eigenvalue weighted by Crippen LogP contribution is 2.37. The maximum Gasteiger partial charge on any atom is 0.343 e. The second-order valence-corrected chi connectivity index (χ2v) is 3.78. The number of rotatable bonds is 4. The zero-order valence-corrected chi connectivity index (χ0v) is 10.2. The van der Waals surface area contributed by atoms with Gasteiger partial charge in [0, 0.05) is 10.0 Å². The summed E-state index contributed by atoms with van der Waals surface area (Å²) < 4.78 is 23.6. The molecule has 0 amide bonds. The molecule has 6 heteroatoms. The zero-order chi connectivity index (χ0) is 12.3. The molecule has 0 fully saturated rings. The molecule has 0 saturated heterocycles. The van der Waals surface area contributed by atoms with Crippen LogP contribution in [0, 0.1) is 0 Å². The van der Waals surface area contributed by atoms with Crippen molar-refractivity contribution in [2.24, 2.45) is 0 Å². The molecule has 1 rings (SSSR count). The minimum atomic E-state index is -2.10. The van der Waals surface area contributed by atoms with Crippen LogP contribution < -0.4 is 9.47 Å². The van der Waals surface area contributed by atoms with E-state index in [0.29, 0.717) is 10.2 Å². The van der Waals surface area contributed by atoms with Gasteiger partial charge in [-0.25, -0.2) is 9.18 Å². The molecular formula is C10H10BrFO4. The number of methoxy groups -OCH3 is 2. The second-order valence-electron chi connectivity index (χ2n) is 2.93. The summed E-state index contributed by atoms with van der Waals surface area (Å²) in [5.41, 5.74) is -0.00912. The number of carboxylic acids is 1. The van der Waals surface area contributed by atoms with Crippen LogP contribution >= 0.6 is 15.9 Å². The van der Waals surface area contributed by atoms with Crippen LogP contribution in [0.25, 0.3) is 0 Å². The van der Waals surface area contributed by atoms with Gasteiger partial charge >= 0.3 is 5.97 Å². The average Bonchev–Trinajstić information content (AvgIpc) is 2.27. The van der Waals surface area contributed by atoms with Crippen molar-refractivity contribution >= 4 is 21.9 Å². The Morgan fingerprint density at radius 2 is 1.88 bits per heavy atom. The second kappa shape index (κ2) is 5.16. The largest absolute Gasteiger partial charge is 0.493 e. The van der Waals surface area contributed by atoms with Crippen LogP contribution in [-0.4, -0.2) is 25.3 Å². The van der Waals surface area contributed by atoms with Crippen LogP contribution in [0.5, 0.6) is 11.5 Å². The van der Waals surface area contributed by atoms with Gasteiger partial charge in [-0.15, -0.1) is 0 Å². The molecule has 1 atom stereocenters. The SMILES string of the molecule is COc1cc(Br)c(C(F)C(=O)O)cc1OC. The van der Waals surface area contributed by atoms with Gasteiger partial charge in [0.05, 0.1) is 14.2 Å². The van der Waals surface area contributed by atoms with E-state index in [1.807, 2.05) is 0 Å². The highest BCUT2D eigenvalue weighted by molar-refractivity contribution is 9.10. The first-order valence-electron chi connectivity index (χ1n) is 4.29. The fraction of sp³-hybridized carbons (Fsp3) is 0.300. The van der Waals surface area contributed by atoms with Gasteiger partial charge in [-0.05, 0) is 12.1 Å². The molecule has 0 heterocycles. The van der Waals surface area contributed by atoms with Gasteiger partial charge in [0.25, 0.3) is 0 Å². The maximum absolute atomic E-state index is 13.3. The summed E-state index contributed by atoms with van der Waals surface area (Å²) in [6, 6.07) is 2.76. The third-order valence-corrected chi connectivity index (χ3v) is 2.68. The molecule has 0 aliphatic rings. The number of halogens is 2. The number of aliphatic carboxylic acids is 1. The lowest BCUT2D eigenvalue weighted by atomic mass is 10.1. The average molecular weight is 293 g/mol. The van der Waals surface area contributed by atoms with Crippen molar-refractivity contribution in [3.8, 4) is 11.5 Å². The van der Waals surface area contributed by atoms with Crippen molar-refractivity contribution in [2.75, 3.05) is 14.2 Å². The minimum absolute atomic E-state index is 0.00912. The Bertz CT molecular complexity index is 408. The fourth-order valence-corrected chi connectivity index (χ4v) is 1.72. The Balaban J connectivity index is 3.26. The van der Waals surface area contributed by atoms with E-state index in [1.54, 1.807) is 0 Å². The first-order valence-corrected chi connectivity index (χ1v) is 5.08. The van der Waals surface area contributed by atoms with Gasteiger partial charge in [0.2, 0.25) is 6.17 Å². The quantitative estimate of drug-likeness (QED) is 0.927. The number of hydrogen-bond acceptors (Lipinski definition) is 3. The predicted molar refractivity (Wildman–Crippen MR) is 58.7 cm³/mol. The number of hydrogen-bond donors (Lipinski definition) is 1. The summed E-state index contributed by atoms with van der Waals surface area (Å²) in [5.74, 6) is -0.867. The van der Waals surface area contributed by atoms with Gasteiger partial charge in [-0.2, -0.15) is 0 Å². The van der Waals surface area contributed by atoms with E-state index < -0.39 is 12.1 Å². The smallest absolute Gasteiger partial charge is 0.343 e. The van der Waals surface area contributed by atoms with Crippen molar-refractivity contribution in [1.82, 2.24) is 0 Å². The van der Waals surface area contributed by atoms with E-state index in [2.05, 4.69) is 15.9 Å². The summed E-state index contributed by atoms with van der Waals surface area (Å²) in [6.45, 7) is 0. The third kappa shape index (κ3) is 2.44. The highest BCUT2D eigenvalue weighted by atomic mass is 79.9. The van der Waals surface area contributed by atoms with E-state index in [-0.39, 0.29) is 11.3 Å². The summed E-state index contributed by atoms with van der Waals surface area (Å²) in [4.78, 5) is 10.5. The molecule has 88 valence electrons. The number of carboxylic acid groups (broad SMARTS) is 1. The molecule has 0 saturated carbocycles. The van der Waals surface area contributed by atoms with Crippen molar-refractivity contribution in [2.45, 2.75) is 6.17 Å². The lowest BCUT2D eigenvalue weighted by molar-refractivity contribution is -0.143. The standard InChI is InChI=1S/C10H10BrFO4/c1-15-7-3-5(9(12)10(13)14)6(11)4-8(7)16-2/h3-4,9H,1-2H3,(H,13,14). The Labute approximate surface area is 100 Å². The number of carbonyl (C=O) groups is 1. The van der Waals surface area contributed by atoms with Crippen LogP contribution in [0.2, 0.25) is 0 Å². The molecule has 4 nitrogen and oxygen atoms in total. The molecule has 16 heavy (non-hydrogen) atoms. The lowest BCUT2D eigenvalue weighted by Gasteiger charge is -2.12. The van der Waals surface area contributed by atoms with Crippen LogP contribution in [0.4, 0.5) is 4.39 Å². The highest BCUT2D eigenvalue weighted by Gasteiger charge is 2.23. The Morgan fingerprint density at radius 3 is 2.31 bits per heavy atom. The molecule has 1 unspecified atom stereocenters. The predicted octanol–water partition coefficient (Wildman–Crippen LogP) is 2.56. The summed E-state index contributed by atoms with van der Waals surface area (Å²) in [6.07, 6.45) is -2.10. The molecule has 1 N–H and O–H groups in total. The first kappa shape index (κ1) is 12.8. The maximum atomic E-state index is 13.3. The van der Waals surface area contributed by atoms with E-state index in [1.165, 1.54) is 26.4 Å². The normalized spacial score (nSPS) is 12.0. The first-order chi connectivity index (χ1) is 7.51. The Kier molecular flexibility index (Phi) is 4.12. The van der Waals surface area contributed by atoms with E-state index >= 15 is 0 Å². The molecule has 0 aromatic heterocycles. The fourth-order valence-electron chi connectivity index (χ4n) is 1.20. The molecule has 0 bridgehead atoms. The van der Waals surface area contributed by atoms with Gasteiger partial charge in [-0.1, -0.05) is 15.9 Å². The van der Waals surface area contributed by atoms with Gasteiger partial charge < -0.3 is 14.6 Å². The van der Waals surface area contributed by atoms with Crippen molar-refractivity contribution in [3.63, 3.8) is 0 Å². The third-order valence-electron chi connectivity index (χ3n) is 1.99. The number of alkyl halides is 1. The molecule has 1 aromatic rings. The van der Waals surface area contributed by atoms with Gasteiger partial charge in [0.15, 0.2) is 11.5 Å². The summed E-state index contributed by atoms with van der Waals surface area (Å²) in [5, 5.41) is 8.58. The molecule has 0 aliphatic heterocycles. The minimum Gasteiger partial charge on any atom is -0.493 e. The van der Waals surface area contributed by atoms with Crippen LogP contribution in [0.15, 0.2) is 16.6 Å². The van der Waals surface area contributed by atoms with Crippen LogP contribution in [0.3, 0.4) is 0 Å². The molecule has 0 aliphatic carbocycles. The van der Waals surface area contributed by atoms with Gasteiger partial charge in [-0.3, -0.25) is 0 Å².